The van der Waals surface area contributed by atoms with Gasteiger partial charge in [0.25, 0.3) is 23.6 Å². The van der Waals surface area contributed by atoms with E-state index >= 15 is 26.3 Å². The molecule has 0 saturated carbocycles. The van der Waals surface area contributed by atoms with Gasteiger partial charge >= 0.3 is 49.1 Å². The van der Waals surface area contributed by atoms with Crippen molar-refractivity contribution in [1.29, 1.82) is 0 Å². The maximum atomic E-state index is 15.4. The Bertz CT molecular complexity index is 4490. The summed E-state index contributed by atoms with van der Waals surface area (Å²) in [5.41, 5.74) is -21.4. The lowest BCUT2D eigenvalue weighted by Gasteiger charge is -2.32. The van der Waals surface area contributed by atoms with Crippen LogP contribution >= 0.6 is 0 Å². The third-order valence-corrected chi connectivity index (χ3v) is 13.2. The molecule has 0 aliphatic carbocycles. The molecule has 0 radical (unpaired) electrons. The molecule has 568 valence electrons. The molecule has 4 atom stereocenters. The predicted molar refractivity (Wildman–Crippen MR) is 350 cm³/mol. The summed E-state index contributed by atoms with van der Waals surface area (Å²) >= 11 is 0. The van der Waals surface area contributed by atoms with Gasteiger partial charge in [-0.05, 0) is 146 Å². The zero-order chi connectivity index (χ0) is 88.4. The number of alkyl halides is 12. The largest absolute Gasteiger partial charge is 0.474 e. The monoisotopic (exact) mass is 1500 g/mol. The van der Waals surface area contributed by atoms with Crippen molar-refractivity contribution < 1.29 is 135 Å². The van der Waals surface area contributed by atoms with Gasteiger partial charge < -0.3 is 46.7 Å². The standard InChI is InChI=1S/C36H42F6N4O7.C34H38F6N4O7/c1-10-12-19-34(36(40,41)42,49-21-23-17-14-13-15-18-23)29-45-44-28(51-29)26-25(20-24(35(37,38)39)27(43-26)50-22(3)16-11-2)46(30(47)52-32(4,5)6)31(48)53-33(7,8)9;1-20-14-10-9-13-17-32(34(38,39)40,47-19-21-15-11-8-12-16-21)27-43-42-26(49-27)24-23(18-22(33(35,36)37)25(41-24)48-20)44(28(45)50-30(2,3)4)29(46)51-31(5,6)7/h10-11,13-15,17-18,20,22H,1-2,12,16,19,21H2,3-9H3;8-12,15-16,18,20H,13-14,17,19H2,1-7H3/t22-,34-;20-,32-/m11/s1/i3D3,16D2,22D;1D3,14D2,20D. The van der Waals surface area contributed by atoms with Crippen molar-refractivity contribution in [2.45, 2.75) is 219 Å². The van der Waals surface area contributed by atoms with E-state index in [4.69, 9.17) is 63.2 Å². The molecular weight excluding hydrogens is 1400 g/mol. The fraction of sp³-hybridized carbons (Fsp3) is 0.486. The summed E-state index contributed by atoms with van der Waals surface area (Å²) in [6.45, 7) is 13.3. The highest BCUT2D eigenvalue weighted by Gasteiger charge is 2.62. The van der Waals surface area contributed by atoms with Gasteiger partial charge in [-0.25, -0.2) is 29.1 Å². The molecule has 4 bridgehead atoms. The van der Waals surface area contributed by atoms with Crippen molar-refractivity contribution in [1.82, 2.24) is 30.4 Å². The van der Waals surface area contributed by atoms with Crippen LogP contribution in [0.2, 0.25) is 0 Å². The molecule has 6 aromatic rings. The van der Waals surface area contributed by atoms with Gasteiger partial charge in [0.2, 0.25) is 23.0 Å². The van der Waals surface area contributed by atoms with Crippen molar-refractivity contribution in [2.24, 2.45) is 0 Å². The summed E-state index contributed by atoms with van der Waals surface area (Å²) < 4.78 is 332. The van der Waals surface area contributed by atoms with Crippen LogP contribution in [0.1, 0.15) is 186 Å². The van der Waals surface area contributed by atoms with E-state index in [1.165, 1.54) is 132 Å². The molecule has 104 heavy (non-hydrogen) atoms. The highest BCUT2D eigenvalue weighted by molar-refractivity contribution is 6.12. The van der Waals surface area contributed by atoms with E-state index in [2.05, 4.69) is 43.5 Å². The lowest BCUT2D eigenvalue weighted by atomic mass is 9.95. The highest BCUT2D eigenvalue weighted by atomic mass is 19.4. The van der Waals surface area contributed by atoms with Crippen molar-refractivity contribution in [3.63, 3.8) is 0 Å². The Morgan fingerprint density at radius 2 is 1.14 bits per heavy atom. The van der Waals surface area contributed by atoms with Gasteiger partial charge in [0.1, 0.15) is 45.7 Å². The SMILES string of the molecule is [2H]C([2H])([2H])[C@@]([2H])(Oc1nc(-c2nnc([C@@](CCC=C)(OCc3ccccc3)C(F)(F)F)o2)c(N(C(=O)OC(C)(C)C)C(=O)OC(C)(C)C)cc1C(F)(F)F)C([2H])([2H])C=C.[2H]C([2H])([2H])[C@@]1([2H])Oc2nc(c(N(C(=O)OC(C)(C)C)C(=O)OC(C)(C)C)cc2C(F)(F)F)-c2nnc(o2)[C@@](OCc2ccccc2)(C(F)(F)F)CCC=CC1([2H])[2H]. The fourth-order valence-electron chi connectivity index (χ4n) is 8.81. The van der Waals surface area contributed by atoms with Crippen LogP contribution < -0.4 is 19.3 Å². The Labute approximate surface area is 607 Å². The number of hydrogen-bond acceptors (Lipinski definition) is 20. The van der Waals surface area contributed by atoms with Crippen molar-refractivity contribution in [2.75, 3.05) is 9.80 Å². The average Bonchev–Trinajstić information content (AvgIpc) is 1.25. The van der Waals surface area contributed by atoms with Crippen LogP contribution in [-0.2, 0) is 65.2 Å². The highest BCUT2D eigenvalue weighted by Crippen LogP contribution is 2.51. The Morgan fingerprint density at radius 3 is 1.60 bits per heavy atom. The van der Waals surface area contributed by atoms with E-state index in [1.54, 1.807) is 12.1 Å². The van der Waals surface area contributed by atoms with E-state index in [0.29, 0.717) is 6.08 Å². The van der Waals surface area contributed by atoms with Gasteiger partial charge in [0.15, 0.2) is 11.4 Å². The number of halogens is 12. The second-order valence-electron chi connectivity index (χ2n) is 26.2. The molecule has 0 saturated heterocycles. The fourth-order valence-corrected chi connectivity index (χ4v) is 8.81. The summed E-state index contributed by atoms with van der Waals surface area (Å²) in [6.07, 6.45) is -44.6. The van der Waals surface area contributed by atoms with Crippen LogP contribution in [0.4, 0.5) is 83.2 Å². The first-order chi connectivity index (χ1) is 52.6. The van der Waals surface area contributed by atoms with Gasteiger partial charge in [-0.1, -0.05) is 85.0 Å². The molecule has 5 heterocycles. The van der Waals surface area contributed by atoms with Crippen LogP contribution in [0.3, 0.4) is 0 Å². The van der Waals surface area contributed by atoms with E-state index in [9.17, 15) is 45.5 Å². The molecule has 4 amide bonds. The van der Waals surface area contributed by atoms with Crippen LogP contribution in [0, 0.1) is 0 Å². The first-order valence-corrected chi connectivity index (χ1v) is 30.8. The molecule has 4 aromatic heterocycles. The molecule has 0 N–H and O–H groups in total. The molecule has 7 rings (SSSR count). The molecule has 0 unspecified atom stereocenters. The number of amides is 4. The molecule has 1 aliphatic rings. The van der Waals surface area contributed by atoms with E-state index in [1.807, 2.05) is 0 Å². The molecule has 22 nitrogen and oxygen atoms in total. The maximum absolute atomic E-state index is 15.4. The number of nitrogens with zero attached hydrogens (tertiary/aromatic N) is 8. The number of aromatic nitrogens is 6. The molecule has 1 aliphatic heterocycles. The summed E-state index contributed by atoms with van der Waals surface area (Å²) in [5.74, 6) is -8.82. The number of imide groups is 2. The number of ether oxygens (including phenoxy) is 8. The summed E-state index contributed by atoms with van der Waals surface area (Å²) in [4.78, 5) is 61.9. The minimum absolute atomic E-state index is 0.00446. The van der Waals surface area contributed by atoms with Crippen molar-refractivity contribution >= 4 is 35.7 Å². The molecule has 34 heteroatoms. The number of hydrogen-bond donors (Lipinski definition) is 0. The average molecular weight is 1500 g/mol. The van der Waals surface area contributed by atoms with Crippen LogP contribution in [-0.4, -0.2) is 102 Å². The van der Waals surface area contributed by atoms with Gasteiger partial charge in [0, 0.05) is 26.5 Å². The maximum Gasteiger partial charge on any atom is 0.426 e. The van der Waals surface area contributed by atoms with E-state index in [-0.39, 0.29) is 45.6 Å². The number of fused-ring (bicyclic) bond motifs is 5. The minimum Gasteiger partial charge on any atom is -0.474 e. The molecule has 0 spiro atoms. The number of rotatable bonds is 17. The lowest BCUT2D eigenvalue weighted by molar-refractivity contribution is -0.299. The summed E-state index contributed by atoms with van der Waals surface area (Å²) in [6, 6.07) is 15.0. The Balaban J connectivity index is 0.000000361. The quantitative estimate of drug-likeness (QED) is 0.0467. The Kier molecular flexibility index (Phi) is 20.8. The number of benzene rings is 2. The number of carbonyl (C=O) groups is 4. The molecule has 0 fully saturated rings. The first-order valence-electron chi connectivity index (χ1n) is 36.8. The van der Waals surface area contributed by atoms with Gasteiger partial charge in [-0.2, -0.15) is 62.5 Å². The Morgan fingerprint density at radius 1 is 0.663 bits per heavy atom. The third-order valence-electron chi connectivity index (χ3n) is 13.2. The van der Waals surface area contributed by atoms with Gasteiger partial charge in [-0.15, -0.1) is 33.6 Å². The summed E-state index contributed by atoms with van der Waals surface area (Å²) in [5, 5.41) is 14.2. The number of allylic oxidation sites excluding steroid dienone is 2. The number of carbonyl (C=O) groups excluding carboxylic acids is 4. The van der Waals surface area contributed by atoms with Crippen LogP contribution in [0.25, 0.3) is 23.2 Å². The number of pyridine rings is 2. The minimum atomic E-state index is -5.67. The molecular formula is C70H80F12N8O14. The summed E-state index contributed by atoms with van der Waals surface area (Å²) in [7, 11) is 0. The Hall–Kier alpha value is -9.60. The zero-order valence-electron chi connectivity index (χ0n) is 69.7. The van der Waals surface area contributed by atoms with Crippen molar-refractivity contribution in [3.05, 3.63) is 144 Å². The second-order valence-corrected chi connectivity index (χ2v) is 26.2. The van der Waals surface area contributed by atoms with Gasteiger partial charge in [0.05, 0.1) is 27.3 Å². The predicted octanol–water partition coefficient (Wildman–Crippen LogP) is 19.4. The lowest BCUT2D eigenvalue weighted by Crippen LogP contribution is -2.45. The first kappa shape index (κ1) is 66.4. The smallest absolute Gasteiger partial charge is 0.426 e. The normalized spacial score (nSPS) is 20.0. The van der Waals surface area contributed by atoms with E-state index < -0.39 is 223 Å². The van der Waals surface area contributed by atoms with Crippen molar-refractivity contribution in [3.8, 4) is 34.9 Å². The second kappa shape index (κ2) is 32.6. The van der Waals surface area contributed by atoms with E-state index in [0.717, 1.165) is 12.2 Å². The third kappa shape index (κ3) is 22.0. The van der Waals surface area contributed by atoms with Gasteiger partial charge in [-0.3, -0.25) is 0 Å². The molecule has 2 aromatic carbocycles. The number of anilines is 2. The topological polar surface area (TPSA) is 252 Å². The van der Waals surface area contributed by atoms with Crippen LogP contribution in [0.5, 0.6) is 11.8 Å². The van der Waals surface area contributed by atoms with Crippen LogP contribution in [0.15, 0.2) is 119 Å². The zero-order valence-corrected chi connectivity index (χ0v) is 57.7.